The third-order valence-corrected chi connectivity index (χ3v) is 3.96. The van der Waals surface area contributed by atoms with Gasteiger partial charge in [-0.1, -0.05) is 5.16 Å². The lowest BCUT2D eigenvalue weighted by atomic mass is 10.1. The van der Waals surface area contributed by atoms with Gasteiger partial charge in [-0.25, -0.2) is 9.97 Å². The number of aryl methyl sites for hydroxylation is 2. The molecule has 0 aliphatic rings. The van der Waals surface area contributed by atoms with E-state index in [0.29, 0.717) is 6.54 Å². The SMILES string of the molecule is Cc1noc(C)c1C(C)NCc1cnc2cnc(Br)cn12. The largest absolute Gasteiger partial charge is 0.361 e. The zero-order valence-electron chi connectivity index (χ0n) is 12.1. The van der Waals surface area contributed by atoms with Crippen LogP contribution in [0.3, 0.4) is 0 Å². The van der Waals surface area contributed by atoms with Gasteiger partial charge >= 0.3 is 0 Å². The first-order valence-electron chi connectivity index (χ1n) is 6.70. The quantitative estimate of drug-likeness (QED) is 0.784. The minimum Gasteiger partial charge on any atom is -0.361 e. The summed E-state index contributed by atoms with van der Waals surface area (Å²) < 4.78 is 8.02. The molecule has 0 aliphatic heterocycles. The molecule has 3 heterocycles. The molecule has 6 nitrogen and oxygen atoms in total. The van der Waals surface area contributed by atoms with Crippen LogP contribution in [-0.2, 0) is 6.54 Å². The van der Waals surface area contributed by atoms with Crippen LogP contribution < -0.4 is 5.32 Å². The zero-order valence-corrected chi connectivity index (χ0v) is 13.7. The molecule has 0 bridgehead atoms. The van der Waals surface area contributed by atoms with E-state index in [-0.39, 0.29) is 6.04 Å². The maximum atomic E-state index is 5.22. The van der Waals surface area contributed by atoms with Crippen LogP contribution in [0, 0.1) is 13.8 Å². The predicted octanol–water partition coefficient (Wildman–Crippen LogP) is 2.95. The van der Waals surface area contributed by atoms with Gasteiger partial charge in [0, 0.05) is 24.3 Å². The van der Waals surface area contributed by atoms with Crippen LogP contribution >= 0.6 is 15.9 Å². The van der Waals surface area contributed by atoms with E-state index in [1.54, 1.807) is 6.20 Å². The monoisotopic (exact) mass is 349 g/mol. The first-order chi connectivity index (χ1) is 10.1. The van der Waals surface area contributed by atoms with Gasteiger partial charge in [0.2, 0.25) is 0 Å². The highest BCUT2D eigenvalue weighted by molar-refractivity contribution is 9.10. The molecule has 1 atom stereocenters. The van der Waals surface area contributed by atoms with Gasteiger partial charge in [-0.3, -0.25) is 4.40 Å². The van der Waals surface area contributed by atoms with E-state index in [1.165, 1.54) is 0 Å². The molecular formula is C14H16BrN5O. The molecule has 7 heteroatoms. The lowest BCUT2D eigenvalue weighted by Crippen LogP contribution is -2.20. The third kappa shape index (κ3) is 2.71. The van der Waals surface area contributed by atoms with Gasteiger partial charge in [0.25, 0.3) is 0 Å². The molecule has 1 N–H and O–H groups in total. The van der Waals surface area contributed by atoms with Crippen molar-refractivity contribution in [1.82, 2.24) is 24.8 Å². The molecule has 21 heavy (non-hydrogen) atoms. The van der Waals surface area contributed by atoms with Gasteiger partial charge < -0.3 is 9.84 Å². The highest BCUT2D eigenvalue weighted by atomic mass is 79.9. The van der Waals surface area contributed by atoms with Crippen molar-refractivity contribution in [3.63, 3.8) is 0 Å². The molecule has 0 saturated heterocycles. The van der Waals surface area contributed by atoms with Crippen molar-refractivity contribution in [2.24, 2.45) is 0 Å². The molecule has 0 spiro atoms. The first kappa shape index (κ1) is 14.2. The Bertz CT molecular complexity index is 759. The molecule has 0 radical (unpaired) electrons. The Kier molecular flexibility index (Phi) is 3.77. The summed E-state index contributed by atoms with van der Waals surface area (Å²) in [5, 5.41) is 7.48. The number of nitrogens with zero attached hydrogens (tertiary/aromatic N) is 4. The van der Waals surface area contributed by atoms with E-state index < -0.39 is 0 Å². The molecule has 3 aromatic heterocycles. The van der Waals surface area contributed by atoms with Crippen LogP contribution in [0.15, 0.2) is 27.7 Å². The average molecular weight is 350 g/mol. The van der Waals surface area contributed by atoms with Crippen molar-refractivity contribution in [3.05, 3.63) is 45.9 Å². The van der Waals surface area contributed by atoms with Gasteiger partial charge in [0.1, 0.15) is 10.4 Å². The molecule has 110 valence electrons. The van der Waals surface area contributed by atoms with Crippen molar-refractivity contribution < 1.29 is 4.52 Å². The maximum absolute atomic E-state index is 5.22. The molecular weight excluding hydrogens is 334 g/mol. The topological polar surface area (TPSA) is 68.2 Å². The number of hydrogen-bond donors (Lipinski definition) is 1. The van der Waals surface area contributed by atoms with E-state index in [4.69, 9.17) is 4.52 Å². The van der Waals surface area contributed by atoms with Crippen molar-refractivity contribution in [2.75, 3.05) is 0 Å². The van der Waals surface area contributed by atoms with E-state index in [9.17, 15) is 0 Å². The molecule has 1 unspecified atom stereocenters. The number of rotatable bonds is 4. The molecule has 0 fully saturated rings. The number of halogens is 1. The third-order valence-electron chi connectivity index (χ3n) is 3.55. The molecule has 0 aliphatic carbocycles. The summed E-state index contributed by atoms with van der Waals surface area (Å²) in [4.78, 5) is 8.52. The van der Waals surface area contributed by atoms with Gasteiger partial charge in [-0.05, 0) is 36.7 Å². The Morgan fingerprint density at radius 1 is 1.33 bits per heavy atom. The lowest BCUT2D eigenvalue weighted by molar-refractivity contribution is 0.390. The van der Waals surface area contributed by atoms with Gasteiger partial charge in [0.15, 0.2) is 5.65 Å². The van der Waals surface area contributed by atoms with E-state index in [1.807, 2.05) is 30.6 Å². The second-order valence-electron chi connectivity index (χ2n) is 5.03. The van der Waals surface area contributed by atoms with Crippen LogP contribution in [-0.4, -0.2) is 19.5 Å². The second-order valence-corrected chi connectivity index (χ2v) is 5.84. The predicted molar refractivity (Wildman–Crippen MR) is 81.9 cm³/mol. The van der Waals surface area contributed by atoms with Crippen molar-refractivity contribution >= 4 is 21.6 Å². The summed E-state index contributed by atoms with van der Waals surface area (Å²) >= 11 is 3.38. The van der Waals surface area contributed by atoms with Crippen LogP contribution in [0.2, 0.25) is 0 Å². The van der Waals surface area contributed by atoms with E-state index in [2.05, 4.69) is 43.3 Å². The Balaban J connectivity index is 1.79. The highest BCUT2D eigenvalue weighted by Crippen LogP contribution is 2.21. The minimum absolute atomic E-state index is 0.159. The smallest absolute Gasteiger partial charge is 0.155 e. The second kappa shape index (κ2) is 5.57. The fraction of sp³-hybridized carbons (Fsp3) is 0.357. The van der Waals surface area contributed by atoms with Crippen molar-refractivity contribution in [1.29, 1.82) is 0 Å². The maximum Gasteiger partial charge on any atom is 0.155 e. The zero-order chi connectivity index (χ0) is 15.0. The molecule has 0 aromatic carbocycles. The Morgan fingerprint density at radius 2 is 2.14 bits per heavy atom. The Hall–Kier alpha value is -1.73. The van der Waals surface area contributed by atoms with Gasteiger partial charge in [0.05, 0.1) is 23.8 Å². The number of hydrogen-bond acceptors (Lipinski definition) is 5. The molecule has 0 amide bonds. The normalized spacial score (nSPS) is 13.0. The van der Waals surface area contributed by atoms with Crippen LogP contribution in [0.4, 0.5) is 0 Å². The summed E-state index contributed by atoms with van der Waals surface area (Å²) in [6, 6.07) is 0.159. The number of aromatic nitrogens is 4. The Labute approximate surface area is 130 Å². The number of imidazole rings is 1. The van der Waals surface area contributed by atoms with Crippen LogP contribution in [0.25, 0.3) is 5.65 Å². The summed E-state index contributed by atoms with van der Waals surface area (Å²) in [6.45, 7) is 6.70. The Morgan fingerprint density at radius 3 is 2.86 bits per heavy atom. The summed E-state index contributed by atoms with van der Waals surface area (Å²) in [7, 11) is 0. The first-order valence-corrected chi connectivity index (χ1v) is 7.49. The lowest BCUT2D eigenvalue weighted by Gasteiger charge is -2.13. The summed E-state index contributed by atoms with van der Waals surface area (Å²) in [6.07, 6.45) is 5.52. The summed E-state index contributed by atoms with van der Waals surface area (Å²) in [5.41, 5.74) is 3.95. The van der Waals surface area contributed by atoms with E-state index >= 15 is 0 Å². The van der Waals surface area contributed by atoms with Crippen LogP contribution in [0.5, 0.6) is 0 Å². The van der Waals surface area contributed by atoms with Crippen LogP contribution in [0.1, 0.15) is 35.7 Å². The van der Waals surface area contributed by atoms with Crippen molar-refractivity contribution in [3.8, 4) is 0 Å². The van der Waals surface area contributed by atoms with Crippen molar-refractivity contribution in [2.45, 2.75) is 33.4 Å². The fourth-order valence-electron chi connectivity index (χ4n) is 2.51. The van der Waals surface area contributed by atoms with E-state index in [0.717, 1.165) is 33.0 Å². The van der Waals surface area contributed by atoms with Gasteiger partial charge in [-0.15, -0.1) is 0 Å². The minimum atomic E-state index is 0.159. The fourth-order valence-corrected chi connectivity index (χ4v) is 2.82. The molecule has 3 rings (SSSR count). The summed E-state index contributed by atoms with van der Waals surface area (Å²) in [5.74, 6) is 0.859. The number of fused-ring (bicyclic) bond motifs is 1. The number of nitrogens with one attached hydrogen (secondary N) is 1. The molecule has 0 saturated carbocycles. The molecule has 3 aromatic rings. The average Bonchev–Trinajstić information content (AvgIpc) is 3.00. The standard InChI is InChI=1S/C14H16BrN5O/c1-8(14-9(2)19-21-10(14)3)16-4-11-5-18-13-6-17-12(15)7-20(11)13/h5-8,16H,4H2,1-3H3. The highest BCUT2D eigenvalue weighted by Gasteiger charge is 2.16. The van der Waals surface area contributed by atoms with Gasteiger partial charge in [-0.2, -0.15) is 0 Å².